The van der Waals surface area contributed by atoms with Crippen molar-refractivity contribution in [3.8, 4) is 11.1 Å². The van der Waals surface area contributed by atoms with Gasteiger partial charge in [-0.3, -0.25) is 14.5 Å². The second kappa shape index (κ2) is 12.1. The molecule has 0 unspecified atom stereocenters. The molecule has 8 nitrogen and oxygen atoms in total. The van der Waals surface area contributed by atoms with Crippen LogP contribution in [0.25, 0.3) is 11.1 Å². The molecule has 10 heteroatoms. The number of rotatable bonds is 9. The number of sulfonamides is 1. The molecule has 1 saturated heterocycles. The third-order valence-corrected chi connectivity index (χ3v) is 8.82. The quantitative estimate of drug-likeness (QED) is 0.415. The van der Waals surface area contributed by atoms with Crippen LogP contribution in [0.2, 0.25) is 5.02 Å². The molecule has 1 radical (unpaired) electrons. The number of hydrogen-bond acceptors (Lipinski definition) is 5. The topological polar surface area (TPSA) is 113 Å². The minimum Gasteiger partial charge on any atom is -0.366 e. The van der Waals surface area contributed by atoms with Gasteiger partial charge in [0.05, 0.1) is 11.3 Å². The van der Waals surface area contributed by atoms with Crippen LogP contribution in [-0.2, 0) is 16.6 Å². The second-order valence-corrected chi connectivity index (χ2v) is 11.7. The van der Waals surface area contributed by atoms with Gasteiger partial charge in [0.2, 0.25) is 15.9 Å². The molecule has 199 valence electrons. The summed E-state index contributed by atoms with van der Waals surface area (Å²) < 4.78 is 26.1. The SMILES string of the molecule is CCCS(=O)(=O)N1CCN(Cc2ccc(NC(=O)c3ccc(-c4c(C(N)=O)[c]ccc4Cl)cc3)cc2)CC1. The minimum absolute atomic E-state index is 0.193. The molecule has 0 atom stereocenters. The van der Waals surface area contributed by atoms with E-state index in [0.29, 0.717) is 66.5 Å². The molecule has 2 amide bonds. The molecule has 0 aliphatic carbocycles. The van der Waals surface area contributed by atoms with Crippen molar-refractivity contribution < 1.29 is 18.0 Å². The number of primary amides is 1. The summed E-state index contributed by atoms with van der Waals surface area (Å²) in [4.78, 5) is 26.8. The Morgan fingerprint density at radius 1 is 1.00 bits per heavy atom. The third-order valence-electron chi connectivity index (χ3n) is 6.43. The van der Waals surface area contributed by atoms with Gasteiger partial charge in [-0.1, -0.05) is 48.9 Å². The first-order chi connectivity index (χ1) is 18.2. The van der Waals surface area contributed by atoms with Crippen LogP contribution in [0.3, 0.4) is 0 Å². The Hall–Kier alpha value is -3.24. The van der Waals surface area contributed by atoms with Gasteiger partial charge in [0.25, 0.3) is 5.91 Å². The Bertz CT molecular complexity index is 1400. The van der Waals surface area contributed by atoms with Crippen molar-refractivity contribution in [2.75, 3.05) is 37.2 Å². The zero-order valence-electron chi connectivity index (χ0n) is 21.1. The van der Waals surface area contributed by atoms with Gasteiger partial charge in [-0.15, -0.1) is 0 Å². The fraction of sp³-hybridized carbons (Fsp3) is 0.286. The summed E-state index contributed by atoms with van der Waals surface area (Å²) in [6.07, 6.45) is 0.621. The van der Waals surface area contributed by atoms with Crippen LogP contribution >= 0.6 is 11.6 Å². The van der Waals surface area contributed by atoms with Crippen molar-refractivity contribution in [3.63, 3.8) is 0 Å². The third kappa shape index (κ3) is 6.60. The molecule has 3 aromatic carbocycles. The molecular weight excluding hydrogens is 524 g/mol. The number of nitrogens with zero attached hydrogens (tertiary/aromatic N) is 2. The minimum atomic E-state index is -3.15. The number of carbonyl (C=O) groups is 2. The predicted octanol–water partition coefficient (Wildman–Crippen LogP) is 4.02. The van der Waals surface area contributed by atoms with E-state index in [1.54, 1.807) is 40.7 Å². The number of hydrogen-bond donors (Lipinski definition) is 2. The first kappa shape index (κ1) is 27.8. The van der Waals surface area contributed by atoms with Crippen LogP contribution in [0, 0.1) is 6.07 Å². The average molecular weight is 554 g/mol. The summed E-state index contributed by atoms with van der Waals surface area (Å²) >= 11 is 6.29. The van der Waals surface area contributed by atoms with E-state index in [1.807, 2.05) is 31.2 Å². The highest BCUT2D eigenvalue weighted by molar-refractivity contribution is 7.89. The molecule has 1 aliphatic heterocycles. The van der Waals surface area contributed by atoms with Crippen LogP contribution in [0.1, 0.15) is 39.6 Å². The van der Waals surface area contributed by atoms with Crippen molar-refractivity contribution in [2.24, 2.45) is 5.73 Å². The largest absolute Gasteiger partial charge is 0.366 e. The fourth-order valence-corrected chi connectivity index (χ4v) is 6.21. The number of carbonyl (C=O) groups excluding carboxylic acids is 2. The summed E-state index contributed by atoms with van der Waals surface area (Å²) in [5.74, 6) is -0.704. The molecular formula is C28H30ClN4O4S. The summed E-state index contributed by atoms with van der Waals surface area (Å²) in [5.41, 5.74) is 8.98. The lowest BCUT2D eigenvalue weighted by Gasteiger charge is -2.34. The first-order valence-electron chi connectivity index (χ1n) is 12.4. The van der Waals surface area contributed by atoms with E-state index >= 15 is 0 Å². The highest BCUT2D eigenvalue weighted by Crippen LogP contribution is 2.31. The monoisotopic (exact) mass is 553 g/mol. The number of nitrogens with two attached hydrogens (primary N) is 1. The van der Waals surface area contributed by atoms with E-state index < -0.39 is 15.9 Å². The van der Waals surface area contributed by atoms with Crippen molar-refractivity contribution in [2.45, 2.75) is 19.9 Å². The maximum Gasteiger partial charge on any atom is 0.255 e. The summed E-state index contributed by atoms with van der Waals surface area (Å²) in [7, 11) is -3.15. The van der Waals surface area contributed by atoms with Gasteiger partial charge >= 0.3 is 0 Å². The van der Waals surface area contributed by atoms with Crippen molar-refractivity contribution in [1.82, 2.24) is 9.21 Å². The number of nitrogens with one attached hydrogen (secondary N) is 1. The van der Waals surface area contributed by atoms with Crippen molar-refractivity contribution in [3.05, 3.63) is 88.4 Å². The predicted molar refractivity (Wildman–Crippen MR) is 150 cm³/mol. The van der Waals surface area contributed by atoms with Gasteiger partial charge in [0.1, 0.15) is 0 Å². The molecule has 1 aliphatic rings. The van der Waals surface area contributed by atoms with E-state index in [1.165, 1.54) is 0 Å². The molecule has 1 fully saturated rings. The summed E-state index contributed by atoms with van der Waals surface area (Å²) in [6, 6.07) is 20.4. The number of benzene rings is 3. The molecule has 0 spiro atoms. The maximum absolute atomic E-state index is 12.8. The normalized spacial score (nSPS) is 14.8. The molecule has 0 aromatic heterocycles. The van der Waals surface area contributed by atoms with Crippen LogP contribution in [0.15, 0.2) is 60.7 Å². The second-order valence-electron chi connectivity index (χ2n) is 9.16. The van der Waals surface area contributed by atoms with Gasteiger partial charge < -0.3 is 11.1 Å². The fourth-order valence-electron chi connectivity index (χ4n) is 4.45. The van der Waals surface area contributed by atoms with E-state index in [2.05, 4.69) is 16.3 Å². The number of anilines is 1. The Balaban J connectivity index is 1.34. The molecule has 0 saturated carbocycles. The molecule has 38 heavy (non-hydrogen) atoms. The lowest BCUT2D eigenvalue weighted by molar-refractivity contribution is 0.0997. The van der Waals surface area contributed by atoms with Gasteiger partial charge in [-0.2, -0.15) is 4.31 Å². The lowest BCUT2D eigenvalue weighted by atomic mass is 9.98. The Kier molecular flexibility index (Phi) is 8.83. The molecule has 0 bridgehead atoms. The zero-order chi connectivity index (χ0) is 27.3. The highest BCUT2D eigenvalue weighted by atomic mass is 35.5. The maximum atomic E-state index is 12.8. The summed E-state index contributed by atoms with van der Waals surface area (Å²) in [5, 5.41) is 3.26. The Morgan fingerprint density at radius 3 is 2.26 bits per heavy atom. The zero-order valence-corrected chi connectivity index (χ0v) is 22.7. The van der Waals surface area contributed by atoms with Crippen LogP contribution < -0.4 is 11.1 Å². The smallest absolute Gasteiger partial charge is 0.255 e. The van der Waals surface area contributed by atoms with E-state index in [9.17, 15) is 18.0 Å². The van der Waals surface area contributed by atoms with E-state index in [0.717, 1.165) is 5.56 Å². The van der Waals surface area contributed by atoms with Gasteiger partial charge in [0, 0.05) is 54.6 Å². The molecule has 3 N–H and O–H groups in total. The van der Waals surface area contributed by atoms with Gasteiger partial charge in [-0.25, -0.2) is 8.42 Å². The molecule has 1 heterocycles. The highest BCUT2D eigenvalue weighted by Gasteiger charge is 2.26. The van der Waals surface area contributed by atoms with Crippen molar-refractivity contribution >= 4 is 39.1 Å². The number of piperazine rings is 1. The van der Waals surface area contributed by atoms with Gasteiger partial charge in [0.15, 0.2) is 0 Å². The summed E-state index contributed by atoms with van der Waals surface area (Å²) in [6.45, 7) is 4.97. The average Bonchev–Trinajstić information content (AvgIpc) is 2.90. The standard InChI is InChI=1S/C28H30ClN4O4S/c1-2-18-38(36,37)33-16-14-32(15-17-33)19-20-6-12-23(13-7-20)31-28(35)22-10-8-21(9-11-22)26-24(27(30)34)4-3-5-25(26)29/h3,5-13H,2,14-19H2,1H3,(H2,30,34)(H,31,35). The van der Waals surface area contributed by atoms with Crippen LogP contribution in [-0.4, -0.2) is 61.4 Å². The first-order valence-corrected chi connectivity index (χ1v) is 14.4. The van der Waals surface area contributed by atoms with Gasteiger partial charge in [-0.05, 0) is 53.9 Å². The van der Waals surface area contributed by atoms with E-state index in [4.69, 9.17) is 17.3 Å². The molecule has 3 aromatic rings. The molecule has 4 rings (SSSR count). The van der Waals surface area contributed by atoms with Crippen LogP contribution in [0.4, 0.5) is 5.69 Å². The lowest BCUT2D eigenvalue weighted by Crippen LogP contribution is -2.48. The van der Waals surface area contributed by atoms with Crippen molar-refractivity contribution in [1.29, 1.82) is 0 Å². The Labute approximate surface area is 228 Å². The number of amides is 2. The van der Waals surface area contributed by atoms with E-state index in [-0.39, 0.29) is 17.2 Å². The number of halogens is 1. The Morgan fingerprint density at radius 2 is 1.66 bits per heavy atom. The van der Waals surface area contributed by atoms with Crippen LogP contribution in [0.5, 0.6) is 0 Å².